The Morgan fingerprint density at radius 1 is 1.38 bits per heavy atom. The summed E-state index contributed by atoms with van der Waals surface area (Å²) in [4.78, 5) is 24.9. The molecule has 0 spiro atoms. The number of benzene rings is 1. The summed E-state index contributed by atoms with van der Waals surface area (Å²) in [6.45, 7) is 5.76. The summed E-state index contributed by atoms with van der Waals surface area (Å²) in [5.41, 5.74) is 0.822. The number of piperidine rings is 1. The third-order valence-corrected chi connectivity index (χ3v) is 5.14. The van der Waals surface area contributed by atoms with Gasteiger partial charge in [0.1, 0.15) is 12.8 Å². The number of likely N-dealkylation sites (tertiary alicyclic amines) is 1. The zero-order chi connectivity index (χ0) is 19.3. The Morgan fingerprint density at radius 2 is 2.04 bits per heavy atom. The second-order valence-electron chi connectivity index (χ2n) is 7.23. The van der Waals surface area contributed by atoms with Crippen LogP contribution in [-0.4, -0.2) is 39.8 Å². The van der Waals surface area contributed by atoms with Crippen molar-refractivity contribution in [3.63, 3.8) is 0 Å². The molecular weight excluding hydrogens is 336 g/mol. The third kappa shape index (κ3) is 4.52. The van der Waals surface area contributed by atoms with Crippen molar-refractivity contribution >= 4 is 6.09 Å². The Kier molecular flexibility index (Phi) is 6.97. The van der Waals surface area contributed by atoms with Crippen molar-refractivity contribution in [1.82, 2.24) is 4.90 Å². The van der Waals surface area contributed by atoms with E-state index >= 15 is 0 Å². The van der Waals surface area contributed by atoms with E-state index < -0.39 is 18.4 Å². The molecule has 7 nitrogen and oxygen atoms in total. The lowest BCUT2D eigenvalue weighted by Crippen LogP contribution is -2.60. The minimum atomic E-state index is -1.08. The van der Waals surface area contributed by atoms with Gasteiger partial charge in [-0.2, -0.15) is 0 Å². The van der Waals surface area contributed by atoms with Gasteiger partial charge < -0.3 is 9.84 Å². The number of aliphatic hydroxyl groups excluding tert-OH is 1. The molecule has 1 aliphatic rings. The average molecular weight is 364 g/mol. The Morgan fingerprint density at radius 3 is 2.58 bits per heavy atom. The van der Waals surface area contributed by atoms with Crippen molar-refractivity contribution in [2.24, 2.45) is 17.8 Å². The number of aliphatic hydroxyl groups is 1. The molecular formula is C19H28N2O5. The Bertz CT molecular complexity index is 607. The molecule has 0 unspecified atom stereocenters. The number of carbonyl (C=O) groups excluding carboxylic acids is 1. The highest BCUT2D eigenvalue weighted by Gasteiger charge is 2.50. The molecule has 1 aromatic rings. The molecule has 1 aliphatic heterocycles. The first-order chi connectivity index (χ1) is 12.4. The number of nitro groups is 1. The van der Waals surface area contributed by atoms with Crippen molar-refractivity contribution in [3.05, 3.63) is 46.0 Å². The van der Waals surface area contributed by atoms with Gasteiger partial charge in [0.25, 0.3) is 0 Å². The molecule has 1 amide bonds. The van der Waals surface area contributed by atoms with Crippen LogP contribution in [-0.2, 0) is 11.3 Å². The van der Waals surface area contributed by atoms with Gasteiger partial charge in [-0.15, -0.1) is 0 Å². The Balaban J connectivity index is 2.16. The number of hydrogen-bond acceptors (Lipinski definition) is 5. The number of nitrogens with zero attached hydrogens (tertiary/aromatic N) is 2. The van der Waals surface area contributed by atoms with Crippen LogP contribution in [0.3, 0.4) is 0 Å². The van der Waals surface area contributed by atoms with E-state index in [2.05, 4.69) is 0 Å². The summed E-state index contributed by atoms with van der Waals surface area (Å²) in [5, 5.41) is 22.4. The van der Waals surface area contributed by atoms with E-state index in [0.29, 0.717) is 6.42 Å². The zero-order valence-corrected chi connectivity index (χ0v) is 15.6. The van der Waals surface area contributed by atoms with Crippen LogP contribution in [0.25, 0.3) is 0 Å². The predicted octanol–water partition coefficient (Wildman–Crippen LogP) is 3.29. The summed E-state index contributed by atoms with van der Waals surface area (Å²) in [7, 11) is 0. The molecule has 26 heavy (non-hydrogen) atoms. The molecule has 1 N–H and O–H groups in total. The van der Waals surface area contributed by atoms with Gasteiger partial charge in [-0.3, -0.25) is 15.0 Å². The summed E-state index contributed by atoms with van der Waals surface area (Å²) in [6, 6.07) is 8.30. The molecule has 1 heterocycles. The van der Waals surface area contributed by atoms with Gasteiger partial charge in [-0.05, 0) is 17.9 Å². The normalized spacial score (nSPS) is 26.0. The van der Waals surface area contributed by atoms with Crippen molar-refractivity contribution in [3.8, 4) is 0 Å². The van der Waals surface area contributed by atoms with Crippen LogP contribution >= 0.6 is 0 Å². The molecule has 1 aromatic carbocycles. The number of amides is 1. The molecule has 0 bridgehead atoms. The lowest BCUT2D eigenvalue weighted by molar-refractivity contribution is -0.541. The minimum absolute atomic E-state index is 0.00808. The Hall–Kier alpha value is -2.15. The van der Waals surface area contributed by atoms with E-state index in [0.717, 1.165) is 16.9 Å². The van der Waals surface area contributed by atoms with Crippen LogP contribution in [0.4, 0.5) is 4.79 Å². The highest BCUT2D eigenvalue weighted by molar-refractivity contribution is 5.68. The van der Waals surface area contributed by atoms with Gasteiger partial charge in [-0.1, -0.05) is 57.5 Å². The maximum absolute atomic E-state index is 12.5. The van der Waals surface area contributed by atoms with E-state index in [9.17, 15) is 20.0 Å². The standard InChI is InChI=1S/C19H28N2O5/c1-4-8-15-16(21(24)25)11-20(18(22)17(15)13(2)3)19(23)26-12-14-9-6-5-7-10-14/h5-7,9-10,13,15-18,22H,4,8,11-12H2,1-3H3/t15-,16+,17+,18-/m1/s1. The van der Waals surface area contributed by atoms with Crippen molar-refractivity contribution < 1.29 is 19.6 Å². The molecule has 1 saturated heterocycles. The van der Waals surface area contributed by atoms with E-state index in [1.54, 1.807) is 0 Å². The number of carbonyl (C=O) groups is 1. The zero-order valence-electron chi connectivity index (χ0n) is 15.6. The van der Waals surface area contributed by atoms with Crippen LogP contribution in [0.15, 0.2) is 30.3 Å². The molecule has 1 fully saturated rings. The molecule has 144 valence electrons. The lowest BCUT2D eigenvalue weighted by atomic mass is 9.73. The molecule has 4 atom stereocenters. The Labute approximate surface area is 154 Å². The van der Waals surface area contributed by atoms with Gasteiger partial charge in [0, 0.05) is 16.8 Å². The van der Waals surface area contributed by atoms with Crippen molar-refractivity contribution in [2.45, 2.75) is 52.5 Å². The second-order valence-corrected chi connectivity index (χ2v) is 7.23. The van der Waals surface area contributed by atoms with Gasteiger partial charge >= 0.3 is 6.09 Å². The lowest BCUT2D eigenvalue weighted by Gasteiger charge is -2.44. The first-order valence-electron chi connectivity index (χ1n) is 9.15. The van der Waals surface area contributed by atoms with Crippen molar-refractivity contribution in [2.75, 3.05) is 6.54 Å². The SMILES string of the molecule is CCC[C@H]1[C@H](C(C)C)[C@@H](O)N(C(=O)OCc2ccccc2)C[C@@H]1[N+](=O)[O-]. The van der Waals surface area contributed by atoms with Crippen LogP contribution < -0.4 is 0 Å². The predicted molar refractivity (Wildman–Crippen MR) is 96.8 cm³/mol. The number of rotatable bonds is 6. The van der Waals surface area contributed by atoms with Gasteiger partial charge in [0.05, 0.1) is 6.54 Å². The smallest absolute Gasteiger partial charge is 0.412 e. The monoisotopic (exact) mass is 364 g/mol. The summed E-state index contributed by atoms with van der Waals surface area (Å²) < 4.78 is 5.29. The van der Waals surface area contributed by atoms with Gasteiger partial charge in [0.15, 0.2) is 0 Å². The third-order valence-electron chi connectivity index (χ3n) is 5.14. The van der Waals surface area contributed by atoms with Crippen LogP contribution in [0.1, 0.15) is 39.2 Å². The van der Waals surface area contributed by atoms with Crippen LogP contribution in [0, 0.1) is 27.9 Å². The quantitative estimate of drug-likeness (QED) is 0.617. The highest BCUT2D eigenvalue weighted by atomic mass is 16.6. The first kappa shape index (κ1) is 20.2. The molecule has 0 radical (unpaired) electrons. The average Bonchev–Trinajstić information content (AvgIpc) is 2.60. The summed E-state index contributed by atoms with van der Waals surface area (Å²) in [5.74, 6) is -0.611. The largest absolute Gasteiger partial charge is 0.444 e. The molecule has 0 saturated carbocycles. The topological polar surface area (TPSA) is 92.9 Å². The number of hydrogen-bond donors (Lipinski definition) is 1. The molecule has 2 rings (SSSR count). The maximum atomic E-state index is 12.5. The van der Waals surface area contributed by atoms with Crippen molar-refractivity contribution in [1.29, 1.82) is 0 Å². The highest BCUT2D eigenvalue weighted by Crippen LogP contribution is 2.38. The second kappa shape index (κ2) is 8.98. The maximum Gasteiger partial charge on any atom is 0.412 e. The number of ether oxygens (including phenoxy) is 1. The van der Waals surface area contributed by atoms with E-state index in [1.807, 2.05) is 51.1 Å². The van der Waals surface area contributed by atoms with Gasteiger partial charge in [-0.25, -0.2) is 4.79 Å². The molecule has 7 heteroatoms. The fourth-order valence-corrected chi connectivity index (χ4v) is 3.89. The molecule has 0 aliphatic carbocycles. The fraction of sp³-hybridized carbons (Fsp3) is 0.632. The van der Waals surface area contributed by atoms with Crippen LogP contribution in [0.5, 0.6) is 0 Å². The van der Waals surface area contributed by atoms with Crippen LogP contribution in [0.2, 0.25) is 0 Å². The van der Waals surface area contributed by atoms with E-state index in [-0.39, 0.29) is 35.8 Å². The summed E-state index contributed by atoms with van der Waals surface area (Å²) >= 11 is 0. The van der Waals surface area contributed by atoms with E-state index in [1.165, 1.54) is 0 Å². The minimum Gasteiger partial charge on any atom is -0.444 e. The molecule has 0 aromatic heterocycles. The van der Waals surface area contributed by atoms with E-state index in [4.69, 9.17) is 4.74 Å². The summed E-state index contributed by atoms with van der Waals surface area (Å²) in [6.07, 6.45) is -0.346. The van der Waals surface area contributed by atoms with Gasteiger partial charge in [0.2, 0.25) is 6.04 Å². The first-order valence-corrected chi connectivity index (χ1v) is 9.15. The fourth-order valence-electron chi connectivity index (χ4n) is 3.89.